The summed E-state index contributed by atoms with van der Waals surface area (Å²) < 4.78 is 0.983. The molecule has 2 heteroatoms. The first-order valence-corrected chi connectivity index (χ1v) is 7.95. The minimum absolute atomic E-state index is 0.143. The maximum absolute atomic E-state index is 12.3. The topological polar surface area (TPSA) is 17.1 Å². The maximum Gasteiger partial charge on any atom is 0.167 e. The van der Waals surface area contributed by atoms with Gasteiger partial charge in [-0.1, -0.05) is 73.1 Å². The van der Waals surface area contributed by atoms with Crippen LogP contribution >= 0.6 is 15.9 Å². The van der Waals surface area contributed by atoms with E-state index < -0.39 is 0 Å². The summed E-state index contributed by atoms with van der Waals surface area (Å²) in [5.41, 5.74) is 4.39. The van der Waals surface area contributed by atoms with Gasteiger partial charge in [0.1, 0.15) is 0 Å². The summed E-state index contributed by atoms with van der Waals surface area (Å²) in [5, 5.41) is 0. The molecule has 0 fully saturated rings. The van der Waals surface area contributed by atoms with E-state index in [0.29, 0.717) is 6.42 Å². The zero-order valence-electron chi connectivity index (χ0n) is 13.0. The van der Waals surface area contributed by atoms with Crippen LogP contribution in [0.15, 0.2) is 46.9 Å². The van der Waals surface area contributed by atoms with Crippen molar-refractivity contribution in [3.8, 4) is 0 Å². The van der Waals surface area contributed by atoms with Gasteiger partial charge < -0.3 is 0 Å². The Kier molecular flexibility index (Phi) is 4.67. The van der Waals surface area contributed by atoms with Gasteiger partial charge in [-0.25, -0.2) is 0 Å². The predicted octanol–water partition coefficient (Wildman–Crippen LogP) is 5.48. The Bertz CT molecular complexity index is 648. The quantitative estimate of drug-likeness (QED) is 0.673. The van der Waals surface area contributed by atoms with Crippen LogP contribution in [-0.4, -0.2) is 5.78 Å². The predicted molar refractivity (Wildman–Crippen MR) is 92.1 cm³/mol. The van der Waals surface area contributed by atoms with E-state index >= 15 is 0 Å². The van der Waals surface area contributed by atoms with Gasteiger partial charge in [0.2, 0.25) is 0 Å². The molecular formula is C19H21BrO. The van der Waals surface area contributed by atoms with Crippen LogP contribution in [0.3, 0.4) is 0 Å². The van der Waals surface area contributed by atoms with Gasteiger partial charge in [0.25, 0.3) is 0 Å². The van der Waals surface area contributed by atoms with E-state index in [1.54, 1.807) is 0 Å². The molecule has 0 aliphatic heterocycles. The molecule has 0 N–H and O–H groups in total. The molecule has 0 aliphatic carbocycles. The van der Waals surface area contributed by atoms with Crippen molar-refractivity contribution >= 4 is 21.7 Å². The zero-order chi connectivity index (χ0) is 15.6. The number of benzene rings is 2. The third-order valence-electron chi connectivity index (χ3n) is 3.68. The molecular weight excluding hydrogens is 324 g/mol. The zero-order valence-corrected chi connectivity index (χ0v) is 14.6. The molecule has 0 saturated carbocycles. The molecule has 0 spiro atoms. The summed E-state index contributed by atoms with van der Waals surface area (Å²) >= 11 is 3.48. The van der Waals surface area contributed by atoms with Crippen LogP contribution in [0.2, 0.25) is 0 Å². The van der Waals surface area contributed by atoms with Gasteiger partial charge >= 0.3 is 0 Å². The fourth-order valence-electron chi connectivity index (χ4n) is 2.18. The van der Waals surface area contributed by atoms with Gasteiger partial charge in [-0.15, -0.1) is 0 Å². The van der Waals surface area contributed by atoms with Crippen molar-refractivity contribution in [2.24, 2.45) is 0 Å². The summed E-state index contributed by atoms with van der Waals surface area (Å²) in [6.07, 6.45) is 0.444. The number of rotatable bonds is 3. The third kappa shape index (κ3) is 4.04. The highest BCUT2D eigenvalue weighted by Gasteiger charge is 2.14. The molecule has 2 aromatic rings. The molecule has 0 heterocycles. The molecule has 0 amide bonds. The number of Topliss-reactive ketones (excluding diaryl/α,β-unsaturated/α-hetero) is 1. The average Bonchev–Trinajstić information content (AvgIpc) is 2.41. The van der Waals surface area contributed by atoms with Gasteiger partial charge in [0, 0.05) is 16.5 Å². The molecule has 0 saturated heterocycles. The number of halogens is 1. The van der Waals surface area contributed by atoms with E-state index in [1.807, 2.05) is 25.1 Å². The lowest BCUT2D eigenvalue weighted by molar-refractivity contribution is 0.0993. The summed E-state index contributed by atoms with van der Waals surface area (Å²) in [6.45, 7) is 8.59. The number of carbonyl (C=O) groups excluding carboxylic acids is 1. The van der Waals surface area contributed by atoms with Crippen molar-refractivity contribution in [1.29, 1.82) is 0 Å². The number of hydrogen-bond acceptors (Lipinski definition) is 1. The van der Waals surface area contributed by atoms with Crippen LogP contribution in [0.5, 0.6) is 0 Å². The highest BCUT2D eigenvalue weighted by atomic mass is 79.9. The molecule has 2 rings (SSSR count). The van der Waals surface area contributed by atoms with Crippen LogP contribution in [0.25, 0.3) is 0 Å². The fourth-order valence-corrected chi connectivity index (χ4v) is 2.56. The molecule has 2 aromatic carbocycles. The summed E-state index contributed by atoms with van der Waals surface area (Å²) in [5.74, 6) is 0.152. The van der Waals surface area contributed by atoms with Crippen LogP contribution in [0, 0.1) is 6.92 Å². The molecule has 0 atom stereocenters. The van der Waals surface area contributed by atoms with Crippen LogP contribution in [-0.2, 0) is 11.8 Å². The summed E-state index contributed by atoms with van der Waals surface area (Å²) in [6, 6.07) is 14.1. The molecule has 110 valence electrons. The van der Waals surface area contributed by atoms with Crippen molar-refractivity contribution in [1.82, 2.24) is 0 Å². The Morgan fingerprint density at radius 2 is 1.67 bits per heavy atom. The minimum atomic E-state index is 0.143. The number of hydrogen-bond donors (Lipinski definition) is 0. The van der Waals surface area contributed by atoms with Crippen molar-refractivity contribution in [2.45, 2.75) is 39.5 Å². The molecule has 21 heavy (non-hydrogen) atoms. The van der Waals surface area contributed by atoms with E-state index in [0.717, 1.165) is 21.2 Å². The number of carbonyl (C=O) groups is 1. The van der Waals surface area contributed by atoms with Crippen LogP contribution in [0.1, 0.15) is 47.8 Å². The second-order valence-electron chi connectivity index (χ2n) is 6.51. The van der Waals surface area contributed by atoms with E-state index in [1.165, 1.54) is 5.56 Å². The molecule has 0 radical (unpaired) electrons. The van der Waals surface area contributed by atoms with Gasteiger partial charge in [0.05, 0.1) is 0 Å². The second-order valence-corrected chi connectivity index (χ2v) is 7.37. The van der Waals surface area contributed by atoms with Crippen molar-refractivity contribution < 1.29 is 4.79 Å². The monoisotopic (exact) mass is 344 g/mol. The maximum atomic E-state index is 12.3. The Hall–Kier alpha value is -1.41. The number of ketones is 1. The highest BCUT2D eigenvalue weighted by molar-refractivity contribution is 9.10. The molecule has 0 bridgehead atoms. The van der Waals surface area contributed by atoms with Gasteiger partial charge in [-0.3, -0.25) is 4.79 Å². The lowest BCUT2D eigenvalue weighted by Crippen LogP contribution is -2.11. The minimum Gasteiger partial charge on any atom is -0.294 e. The van der Waals surface area contributed by atoms with Gasteiger partial charge in [-0.05, 0) is 35.1 Å². The van der Waals surface area contributed by atoms with E-state index in [4.69, 9.17) is 0 Å². The Morgan fingerprint density at radius 1 is 1.05 bits per heavy atom. The Labute approximate surface area is 135 Å². The summed E-state index contributed by atoms with van der Waals surface area (Å²) in [4.78, 5) is 12.3. The molecule has 0 unspecified atom stereocenters. The van der Waals surface area contributed by atoms with Crippen LogP contribution in [0.4, 0.5) is 0 Å². The molecule has 0 aromatic heterocycles. The summed E-state index contributed by atoms with van der Waals surface area (Å²) in [7, 11) is 0. The largest absolute Gasteiger partial charge is 0.294 e. The smallest absolute Gasteiger partial charge is 0.167 e. The SMILES string of the molecule is Cc1ccc(C(=O)Cc2ccc(C(C)(C)C)cc2)cc1Br. The second kappa shape index (κ2) is 6.15. The Balaban J connectivity index is 2.14. The third-order valence-corrected chi connectivity index (χ3v) is 4.53. The van der Waals surface area contributed by atoms with Crippen molar-refractivity contribution in [3.63, 3.8) is 0 Å². The lowest BCUT2D eigenvalue weighted by atomic mass is 9.86. The van der Waals surface area contributed by atoms with E-state index in [-0.39, 0.29) is 11.2 Å². The van der Waals surface area contributed by atoms with Crippen LogP contribution < -0.4 is 0 Å². The first kappa shape index (κ1) is 16.0. The van der Waals surface area contributed by atoms with Crippen molar-refractivity contribution in [3.05, 3.63) is 69.2 Å². The average molecular weight is 345 g/mol. The first-order valence-electron chi connectivity index (χ1n) is 7.16. The fraction of sp³-hybridized carbons (Fsp3) is 0.316. The molecule has 0 aliphatic rings. The normalized spacial score (nSPS) is 11.5. The standard InChI is InChI=1S/C19H21BrO/c1-13-5-8-15(12-17(13)20)18(21)11-14-6-9-16(10-7-14)19(2,3)4/h5-10,12H,11H2,1-4H3. The van der Waals surface area contributed by atoms with E-state index in [9.17, 15) is 4.79 Å². The number of aryl methyl sites for hydroxylation is 1. The lowest BCUT2D eigenvalue weighted by Gasteiger charge is -2.19. The van der Waals surface area contributed by atoms with Gasteiger partial charge in [0.15, 0.2) is 5.78 Å². The Morgan fingerprint density at radius 3 is 2.19 bits per heavy atom. The van der Waals surface area contributed by atoms with E-state index in [2.05, 4.69) is 61.0 Å². The highest BCUT2D eigenvalue weighted by Crippen LogP contribution is 2.23. The first-order chi connectivity index (χ1) is 9.77. The van der Waals surface area contributed by atoms with Crippen molar-refractivity contribution in [2.75, 3.05) is 0 Å². The van der Waals surface area contributed by atoms with Gasteiger partial charge in [-0.2, -0.15) is 0 Å². The molecule has 1 nitrogen and oxygen atoms in total.